The number of nitrogens with zero attached hydrogens (tertiary/aromatic N) is 1. The first-order valence-corrected chi connectivity index (χ1v) is 14.2. The number of carbonyl (C=O) groups excluding carboxylic acids is 2. The molecule has 2 amide bonds. The Balaban J connectivity index is 1.63. The third-order valence-corrected chi connectivity index (χ3v) is 5.20. The Bertz CT molecular complexity index is 623. The lowest BCUT2D eigenvalue weighted by molar-refractivity contribution is -0.137. The predicted molar refractivity (Wildman–Crippen MR) is 148 cm³/mol. The third-order valence-electron chi connectivity index (χ3n) is 5.20. The second-order valence-electron chi connectivity index (χ2n) is 8.39. The molecule has 0 bridgehead atoms. The molecule has 0 aromatic rings. The number of hydrogen-bond donors (Lipinski definition) is 1. The van der Waals surface area contributed by atoms with Crippen molar-refractivity contribution in [2.45, 2.75) is 0 Å². The number of likely N-dealkylation sites (N-methyl/N-ethyl adjacent to an activating group) is 1. The molecule has 0 aromatic heterocycles. The summed E-state index contributed by atoms with van der Waals surface area (Å²) in [5.74, 6) is -0.609. The van der Waals surface area contributed by atoms with Gasteiger partial charge in [0.25, 0.3) is 11.8 Å². The third kappa shape index (κ3) is 24.7. The summed E-state index contributed by atoms with van der Waals surface area (Å²) >= 11 is 0. The lowest BCUT2D eigenvalue weighted by Gasteiger charge is -2.13. The SMILES string of the molecule is CNCCOCCOCCOCCOCCOCCOCCOCCOCCOCCOCCN1C(=O)C=CC1=O. The van der Waals surface area contributed by atoms with E-state index in [0.29, 0.717) is 126 Å². The average Bonchev–Trinajstić information content (AvgIpc) is 3.30. The van der Waals surface area contributed by atoms with Gasteiger partial charge in [-0.2, -0.15) is 0 Å². The highest BCUT2D eigenvalue weighted by atomic mass is 16.6. The van der Waals surface area contributed by atoms with Crippen LogP contribution in [-0.2, 0) is 57.0 Å². The molecule has 0 aliphatic carbocycles. The highest BCUT2D eigenvalue weighted by Crippen LogP contribution is 2.02. The minimum Gasteiger partial charge on any atom is -0.378 e. The van der Waals surface area contributed by atoms with E-state index < -0.39 is 0 Å². The van der Waals surface area contributed by atoms with Gasteiger partial charge >= 0.3 is 0 Å². The molecule has 0 radical (unpaired) electrons. The van der Waals surface area contributed by atoms with Crippen molar-refractivity contribution in [3.8, 4) is 0 Å². The molecule has 0 aromatic carbocycles. The van der Waals surface area contributed by atoms with E-state index in [-0.39, 0.29) is 25.0 Å². The Morgan fingerprint density at radius 3 is 0.951 bits per heavy atom. The lowest BCUT2D eigenvalue weighted by atomic mass is 10.5. The van der Waals surface area contributed by atoms with Gasteiger partial charge in [0.2, 0.25) is 0 Å². The molecule has 0 atom stereocenters. The number of hydrogen-bond acceptors (Lipinski definition) is 13. The molecular weight excluding hydrogens is 544 g/mol. The van der Waals surface area contributed by atoms with Crippen molar-refractivity contribution in [2.75, 3.05) is 152 Å². The van der Waals surface area contributed by atoms with Gasteiger partial charge < -0.3 is 52.7 Å². The fourth-order valence-corrected chi connectivity index (χ4v) is 3.06. The normalized spacial score (nSPS) is 13.2. The van der Waals surface area contributed by atoms with Crippen LogP contribution in [-0.4, -0.2) is 169 Å². The molecule has 0 saturated carbocycles. The van der Waals surface area contributed by atoms with Gasteiger partial charge in [-0.3, -0.25) is 14.5 Å². The van der Waals surface area contributed by atoms with Crippen molar-refractivity contribution in [3.05, 3.63) is 12.2 Å². The molecule has 14 nitrogen and oxygen atoms in total. The van der Waals surface area contributed by atoms with E-state index in [4.69, 9.17) is 47.4 Å². The molecule has 240 valence electrons. The summed E-state index contributed by atoms with van der Waals surface area (Å²) in [7, 11) is 1.89. The van der Waals surface area contributed by atoms with Crippen molar-refractivity contribution in [2.24, 2.45) is 0 Å². The van der Waals surface area contributed by atoms with Crippen LogP contribution in [0.3, 0.4) is 0 Å². The molecule has 1 rings (SSSR count). The van der Waals surface area contributed by atoms with Gasteiger partial charge in [-0.25, -0.2) is 0 Å². The van der Waals surface area contributed by atoms with Gasteiger partial charge in [0.1, 0.15) is 0 Å². The van der Waals surface area contributed by atoms with Crippen LogP contribution in [0.15, 0.2) is 12.2 Å². The summed E-state index contributed by atoms with van der Waals surface area (Å²) in [6.45, 7) is 11.0. The highest BCUT2D eigenvalue weighted by molar-refractivity contribution is 6.12. The standard InChI is InChI=1S/C27H50N2O12/c1-28-4-6-32-8-10-34-12-14-36-16-18-38-20-22-40-24-25-41-23-21-39-19-17-37-15-13-35-11-9-33-7-5-29-26(30)2-3-27(29)31/h2-3,28H,4-25H2,1H3. The second kappa shape index (κ2) is 29.9. The van der Waals surface area contributed by atoms with E-state index in [1.165, 1.54) is 12.2 Å². The first-order valence-electron chi connectivity index (χ1n) is 14.2. The van der Waals surface area contributed by atoms with Crippen molar-refractivity contribution in [1.29, 1.82) is 0 Å². The molecule has 0 fully saturated rings. The Kier molecular flexibility index (Phi) is 27.3. The van der Waals surface area contributed by atoms with Crippen LogP contribution in [0.4, 0.5) is 0 Å². The Hall–Kier alpha value is -1.56. The monoisotopic (exact) mass is 594 g/mol. The van der Waals surface area contributed by atoms with Crippen LogP contribution < -0.4 is 5.32 Å². The maximum absolute atomic E-state index is 11.4. The van der Waals surface area contributed by atoms with Crippen LogP contribution in [0.2, 0.25) is 0 Å². The molecule has 0 spiro atoms. The summed E-state index contributed by atoms with van der Waals surface area (Å²) in [6.07, 6.45) is 2.51. The Labute approximate surface area is 243 Å². The van der Waals surface area contributed by atoms with Crippen molar-refractivity contribution in [1.82, 2.24) is 10.2 Å². The molecule has 1 N–H and O–H groups in total. The van der Waals surface area contributed by atoms with Crippen LogP contribution in [0.1, 0.15) is 0 Å². The number of nitrogens with one attached hydrogen (secondary N) is 1. The van der Waals surface area contributed by atoms with Crippen molar-refractivity contribution >= 4 is 11.8 Å². The topological polar surface area (TPSA) is 142 Å². The molecular formula is C27H50N2O12. The summed E-state index contributed by atoms with van der Waals surface area (Å²) < 4.78 is 54.2. The van der Waals surface area contributed by atoms with E-state index in [1.54, 1.807) is 0 Å². The van der Waals surface area contributed by atoms with Crippen molar-refractivity contribution in [3.63, 3.8) is 0 Å². The fraction of sp³-hybridized carbons (Fsp3) is 0.852. The zero-order valence-corrected chi connectivity index (χ0v) is 24.6. The van der Waals surface area contributed by atoms with Crippen LogP contribution in [0.25, 0.3) is 0 Å². The van der Waals surface area contributed by atoms with E-state index in [2.05, 4.69) is 5.32 Å². The largest absolute Gasteiger partial charge is 0.378 e. The maximum atomic E-state index is 11.4. The maximum Gasteiger partial charge on any atom is 0.253 e. The minimum absolute atomic E-state index is 0.242. The van der Waals surface area contributed by atoms with Gasteiger partial charge in [0.05, 0.1) is 139 Å². The molecule has 1 aliphatic heterocycles. The molecule has 1 aliphatic rings. The lowest BCUT2D eigenvalue weighted by Crippen LogP contribution is -2.33. The summed E-state index contributed by atoms with van der Waals surface area (Å²) in [4.78, 5) is 23.9. The van der Waals surface area contributed by atoms with Crippen LogP contribution in [0.5, 0.6) is 0 Å². The first kappa shape index (κ1) is 37.5. The Morgan fingerprint density at radius 2 is 0.683 bits per heavy atom. The van der Waals surface area contributed by atoms with E-state index in [1.807, 2.05) is 7.05 Å². The van der Waals surface area contributed by atoms with E-state index >= 15 is 0 Å². The van der Waals surface area contributed by atoms with Gasteiger partial charge in [-0.05, 0) is 7.05 Å². The molecule has 0 unspecified atom stereocenters. The number of amides is 2. The quantitative estimate of drug-likeness (QED) is 0.0757. The van der Waals surface area contributed by atoms with Gasteiger partial charge in [-0.1, -0.05) is 0 Å². The van der Waals surface area contributed by atoms with E-state index in [0.717, 1.165) is 11.4 Å². The van der Waals surface area contributed by atoms with Crippen LogP contribution >= 0.6 is 0 Å². The predicted octanol–water partition coefficient (Wildman–Crippen LogP) is -0.703. The van der Waals surface area contributed by atoms with E-state index in [9.17, 15) is 9.59 Å². The average molecular weight is 595 g/mol. The molecule has 41 heavy (non-hydrogen) atoms. The van der Waals surface area contributed by atoms with Gasteiger partial charge in [0.15, 0.2) is 0 Å². The minimum atomic E-state index is -0.305. The molecule has 14 heteroatoms. The highest BCUT2D eigenvalue weighted by Gasteiger charge is 2.22. The number of rotatable bonds is 33. The fourth-order valence-electron chi connectivity index (χ4n) is 3.06. The van der Waals surface area contributed by atoms with Gasteiger partial charge in [0, 0.05) is 18.7 Å². The number of imide groups is 1. The second-order valence-corrected chi connectivity index (χ2v) is 8.39. The smallest absolute Gasteiger partial charge is 0.253 e. The molecule has 0 saturated heterocycles. The van der Waals surface area contributed by atoms with Crippen LogP contribution in [0, 0.1) is 0 Å². The first-order chi connectivity index (χ1) is 20.3. The number of carbonyl (C=O) groups is 2. The summed E-state index contributed by atoms with van der Waals surface area (Å²) in [5.41, 5.74) is 0. The molecule has 1 heterocycles. The van der Waals surface area contributed by atoms with Gasteiger partial charge in [-0.15, -0.1) is 0 Å². The summed E-state index contributed by atoms with van der Waals surface area (Å²) in [5, 5.41) is 3.01. The zero-order chi connectivity index (χ0) is 29.5. The Morgan fingerprint density at radius 1 is 0.439 bits per heavy atom. The van der Waals surface area contributed by atoms with Crippen molar-refractivity contribution < 1.29 is 57.0 Å². The number of ether oxygens (including phenoxy) is 10. The zero-order valence-electron chi connectivity index (χ0n) is 24.6. The summed E-state index contributed by atoms with van der Waals surface area (Å²) in [6, 6.07) is 0.